The molecule has 1 heterocycles. The van der Waals surface area contributed by atoms with Crippen LogP contribution in [-0.2, 0) is 0 Å². The van der Waals surface area contributed by atoms with Crippen molar-refractivity contribution in [2.75, 3.05) is 4.90 Å². The Labute approximate surface area is 395 Å². The summed E-state index contributed by atoms with van der Waals surface area (Å²) in [6.07, 6.45) is 0. The molecule has 0 unspecified atom stereocenters. The van der Waals surface area contributed by atoms with E-state index in [9.17, 15) is 0 Å². The van der Waals surface area contributed by atoms with Crippen molar-refractivity contribution in [3.63, 3.8) is 0 Å². The number of rotatable bonds is 8. The van der Waals surface area contributed by atoms with Gasteiger partial charge in [0.2, 0.25) is 0 Å². The molecule has 2 heteroatoms. The van der Waals surface area contributed by atoms with Crippen LogP contribution < -0.4 is 4.90 Å². The Balaban J connectivity index is 0.924. The lowest BCUT2D eigenvalue weighted by molar-refractivity contribution is 0.636. The molecule has 0 N–H and O–H groups in total. The number of benzene rings is 12. The van der Waals surface area contributed by atoms with Crippen LogP contribution in [0.15, 0.2) is 265 Å². The zero-order valence-electron chi connectivity index (χ0n) is 37.2. The third-order valence-electron chi connectivity index (χ3n) is 13.6. The SMILES string of the molecule is c1ccc(-c2oc3c4ccccc4c4ccc(-c5ccc(N(c6ccc(-c7ccc8ccccc8c7)cc6)c6ccc(-c7ccc8ccccc8c7)cc6)cc5)cc4c3c2-c2ccccc2)cc1. The Morgan fingerprint density at radius 2 is 0.647 bits per heavy atom. The zero-order chi connectivity index (χ0) is 45.0. The fraction of sp³-hybridized carbons (Fsp3) is 0. The van der Waals surface area contributed by atoms with E-state index in [0.29, 0.717) is 0 Å². The molecule has 0 radical (unpaired) electrons. The van der Waals surface area contributed by atoms with Gasteiger partial charge in [0.25, 0.3) is 0 Å². The van der Waals surface area contributed by atoms with Gasteiger partial charge in [0.15, 0.2) is 0 Å². The van der Waals surface area contributed by atoms with Crippen LogP contribution in [0.3, 0.4) is 0 Å². The van der Waals surface area contributed by atoms with Gasteiger partial charge in [0, 0.05) is 39.0 Å². The molecule has 12 aromatic carbocycles. The summed E-state index contributed by atoms with van der Waals surface area (Å²) in [6.45, 7) is 0. The molecule has 0 spiro atoms. The normalized spacial score (nSPS) is 11.5. The molecule has 318 valence electrons. The summed E-state index contributed by atoms with van der Waals surface area (Å²) >= 11 is 0. The first-order valence-corrected chi connectivity index (χ1v) is 23.3. The molecule has 0 atom stereocenters. The number of furan rings is 1. The van der Waals surface area contributed by atoms with Crippen molar-refractivity contribution in [3.8, 4) is 55.8 Å². The minimum atomic E-state index is 0.884. The minimum absolute atomic E-state index is 0.884. The Bertz CT molecular complexity index is 3860. The smallest absolute Gasteiger partial charge is 0.143 e. The lowest BCUT2D eigenvalue weighted by atomic mass is 9.90. The number of anilines is 3. The van der Waals surface area contributed by atoms with Crippen LogP contribution in [-0.4, -0.2) is 0 Å². The first kappa shape index (κ1) is 39.4. The van der Waals surface area contributed by atoms with Gasteiger partial charge in [-0.15, -0.1) is 0 Å². The van der Waals surface area contributed by atoms with Gasteiger partial charge in [-0.3, -0.25) is 0 Å². The van der Waals surface area contributed by atoms with E-state index in [0.717, 1.165) is 67.0 Å². The third-order valence-corrected chi connectivity index (χ3v) is 13.6. The molecule has 68 heavy (non-hydrogen) atoms. The van der Waals surface area contributed by atoms with Gasteiger partial charge in [0.05, 0.1) is 0 Å². The fourth-order valence-electron chi connectivity index (χ4n) is 10.2. The topological polar surface area (TPSA) is 16.4 Å². The second kappa shape index (κ2) is 16.5. The molecule has 0 aliphatic carbocycles. The van der Waals surface area contributed by atoms with Gasteiger partial charge in [-0.05, 0) is 131 Å². The van der Waals surface area contributed by atoms with Crippen molar-refractivity contribution in [1.82, 2.24) is 0 Å². The summed E-state index contributed by atoms with van der Waals surface area (Å²) in [4.78, 5) is 2.36. The summed E-state index contributed by atoms with van der Waals surface area (Å²) in [5.74, 6) is 0.884. The summed E-state index contributed by atoms with van der Waals surface area (Å²) in [6, 6.07) is 94.3. The monoisotopic (exact) mass is 865 g/mol. The third kappa shape index (κ3) is 6.90. The molecule has 0 aliphatic rings. The average molecular weight is 866 g/mol. The Morgan fingerprint density at radius 1 is 0.250 bits per heavy atom. The molecule has 13 aromatic rings. The second-order valence-corrected chi connectivity index (χ2v) is 17.6. The van der Waals surface area contributed by atoms with Crippen LogP contribution >= 0.6 is 0 Å². The molecule has 2 nitrogen and oxygen atoms in total. The van der Waals surface area contributed by atoms with E-state index >= 15 is 0 Å². The van der Waals surface area contributed by atoms with Crippen LogP contribution in [0.5, 0.6) is 0 Å². The van der Waals surface area contributed by atoms with E-state index in [1.54, 1.807) is 0 Å². The highest BCUT2D eigenvalue weighted by Gasteiger charge is 2.23. The predicted molar refractivity (Wildman–Crippen MR) is 288 cm³/mol. The van der Waals surface area contributed by atoms with Crippen LogP contribution in [0.1, 0.15) is 0 Å². The van der Waals surface area contributed by atoms with Crippen molar-refractivity contribution in [1.29, 1.82) is 0 Å². The molecular weight excluding hydrogens is 823 g/mol. The van der Waals surface area contributed by atoms with Crippen molar-refractivity contribution in [2.45, 2.75) is 0 Å². The zero-order valence-corrected chi connectivity index (χ0v) is 37.2. The van der Waals surface area contributed by atoms with Crippen molar-refractivity contribution in [3.05, 3.63) is 261 Å². The second-order valence-electron chi connectivity index (χ2n) is 17.6. The van der Waals surface area contributed by atoms with Crippen molar-refractivity contribution < 1.29 is 4.42 Å². The lowest BCUT2D eigenvalue weighted by Gasteiger charge is -2.26. The first-order chi connectivity index (χ1) is 33.7. The standard InChI is InChI=1S/C66H43NO/c1-3-15-49(16-4-1)63-64-62-43-55(33-40-60(62)59-21-11-12-22-61(59)66(64)68-65(63)50-17-5-2-6-18-50)48-31-38-58(39-32-48)67(56-34-27-46(28-35-56)53-25-23-44-13-7-9-19-51(44)41-53)57-36-29-47(30-37-57)54-26-24-45-14-8-10-20-52(45)42-54/h1-43H. The summed E-state index contributed by atoms with van der Waals surface area (Å²) in [7, 11) is 0. The number of hydrogen-bond acceptors (Lipinski definition) is 2. The van der Waals surface area contributed by atoms with Crippen LogP contribution in [0, 0.1) is 0 Å². The van der Waals surface area contributed by atoms with E-state index < -0.39 is 0 Å². The largest absolute Gasteiger partial charge is 0.455 e. The molecule has 0 aliphatic heterocycles. The maximum atomic E-state index is 7.03. The van der Waals surface area contributed by atoms with Gasteiger partial charge >= 0.3 is 0 Å². The Hall–Kier alpha value is -8.98. The molecule has 13 rings (SSSR count). The molecule has 0 saturated heterocycles. The Kier molecular flexibility index (Phi) is 9.54. The number of hydrogen-bond donors (Lipinski definition) is 0. The average Bonchev–Trinajstić information content (AvgIpc) is 3.83. The fourth-order valence-corrected chi connectivity index (χ4v) is 10.2. The van der Waals surface area contributed by atoms with E-state index in [1.165, 1.54) is 60.0 Å². The van der Waals surface area contributed by atoms with E-state index in [1.807, 2.05) is 0 Å². The van der Waals surface area contributed by atoms with Gasteiger partial charge in [-0.25, -0.2) is 0 Å². The van der Waals surface area contributed by atoms with E-state index in [-0.39, 0.29) is 0 Å². The maximum absolute atomic E-state index is 7.03. The summed E-state index contributed by atoms with van der Waals surface area (Å²) in [5, 5.41) is 10.8. The highest BCUT2D eigenvalue weighted by molar-refractivity contribution is 6.29. The van der Waals surface area contributed by atoms with Gasteiger partial charge in [0.1, 0.15) is 11.3 Å². The predicted octanol–water partition coefficient (Wildman–Crippen LogP) is 18.9. The van der Waals surface area contributed by atoms with Gasteiger partial charge in [-0.1, -0.05) is 206 Å². The van der Waals surface area contributed by atoms with Crippen molar-refractivity contribution in [2.24, 2.45) is 0 Å². The summed E-state index contributed by atoms with van der Waals surface area (Å²) < 4.78 is 7.03. The first-order valence-electron chi connectivity index (χ1n) is 23.3. The van der Waals surface area contributed by atoms with Crippen LogP contribution in [0.2, 0.25) is 0 Å². The Morgan fingerprint density at radius 3 is 1.18 bits per heavy atom. The molecule has 0 fully saturated rings. The molecule has 0 amide bonds. The van der Waals surface area contributed by atoms with Crippen molar-refractivity contribution >= 4 is 71.1 Å². The van der Waals surface area contributed by atoms with Gasteiger partial charge in [-0.2, -0.15) is 0 Å². The summed E-state index contributed by atoms with van der Waals surface area (Å²) in [5.41, 5.74) is 14.5. The quantitative estimate of drug-likeness (QED) is 0.142. The molecule has 0 saturated carbocycles. The number of fused-ring (bicyclic) bond motifs is 8. The molecule has 1 aromatic heterocycles. The minimum Gasteiger partial charge on any atom is -0.455 e. The molecule has 0 bridgehead atoms. The van der Waals surface area contributed by atoms with Crippen LogP contribution in [0.25, 0.3) is 110 Å². The van der Waals surface area contributed by atoms with Gasteiger partial charge < -0.3 is 9.32 Å². The highest BCUT2D eigenvalue weighted by Crippen LogP contribution is 2.48. The highest BCUT2D eigenvalue weighted by atomic mass is 16.3. The maximum Gasteiger partial charge on any atom is 0.143 e. The number of nitrogens with zero attached hydrogens (tertiary/aromatic N) is 1. The van der Waals surface area contributed by atoms with E-state index in [4.69, 9.17) is 4.42 Å². The lowest BCUT2D eigenvalue weighted by Crippen LogP contribution is -2.09. The van der Waals surface area contributed by atoms with E-state index in [2.05, 4.69) is 266 Å². The van der Waals surface area contributed by atoms with Crippen LogP contribution in [0.4, 0.5) is 17.1 Å². The molecular formula is C66H43NO.